The maximum Gasteiger partial charge on any atom is 0.250 e. The molecule has 7 heteroatoms. The normalized spacial score (nSPS) is 17.1. The molecule has 0 radical (unpaired) electrons. The molecule has 1 aliphatic heterocycles. The van der Waals surface area contributed by atoms with Crippen LogP contribution in [0.25, 0.3) is 21.8 Å². The van der Waals surface area contributed by atoms with Gasteiger partial charge in [0.05, 0.1) is 22.9 Å². The first kappa shape index (κ1) is 21.7. The van der Waals surface area contributed by atoms with Crippen molar-refractivity contribution < 1.29 is 14.4 Å². The molecule has 2 aromatic heterocycles. The Labute approximate surface area is 206 Å². The molecule has 5 aromatic rings. The zero-order valence-electron chi connectivity index (χ0n) is 19.7. The van der Waals surface area contributed by atoms with E-state index in [1.807, 2.05) is 54.6 Å². The van der Waals surface area contributed by atoms with Gasteiger partial charge in [0.2, 0.25) is 17.6 Å². The van der Waals surface area contributed by atoms with E-state index in [2.05, 4.69) is 4.98 Å². The minimum atomic E-state index is -1.57. The van der Waals surface area contributed by atoms with Crippen LogP contribution in [-0.2, 0) is 10.2 Å². The maximum atomic E-state index is 14.2. The summed E-state index contributed by atoms with van der Waals surface area (Å²) in [6.07, 6.45) is 1.52. The van der Waals surface area contributed by atoms with Crippen molar-refractivity contribution in [2.45, 2.75) is 19.3 Å². The van der Waals surface area contributed by atoms with E-state index < -0.39 is 11.2 Å². The molecule has 0 saturated carbocycles. The summed E-state index contributed by atoms with van der Waals surface area (Å²) in [4.78, 5) is 46.5. The number of nitrogens with zero attached hydrogens (tertiary/aromatic N) is 3. The Bertz CT molecular complexity index is 1740. The third-order valence-electron chi connectivity index (χ3n) is 7.02. The van der Waals surface area contributed by atoms with Crippen molar-refractivity contribution in [1.29, 1.82) is 0 Å². The predicted octanol–water partition coefficient (Wildman–Crippen LogP) is 5.25. The minimum Gasteiger partial charge on any atom is -0.398 e. The smallest absolute Gasteiger partial charge is 0.250 e. The van der Waals surface area contributed by atoms with E-state index in [-0.39, 0.29) is 17.5 Å². The number of ketones is 1. The van der Waals surface area contributed by atoms with Crippen molar-refractivity contribution >= 4 is 56.5 Å². The second-order valence-electron chi connectivity index (χ2n) is 9.13. The SMILES string of the molecule is CC(=O)n1c2ccccc2c2cc(C(=O)C3(C)C(=O)N(c4ccccc4)c4cccc(N)c43)ncc21. The summed E-state index contributed by atoms with van der Waals surface area (Å²) >= 11 is 0. The number of amides is 1. The third kappa shape index (κ3) is 2.80. The van der Waals surface area contributed by atoms with Gasteiger partial charge in [-0.3, -0.25) is 28.8 Å². The second kappa shape index (κ2) is 7.61. The van der Waals surface area contributed by atoms with Crippen LogP contribution in [0.2, 0.25) is 0 Å². The highest BCUT2D eigenvalue weighted by Crippen LogP contribution is 2.49. The van der Waals surface area contributed by atoms with E-state index in [4.69, 9.17) is 5.73 Å². The zero-order valence-corrected chi connectivity index (χ0v) is 19.7. The van der Waals surface area contributed by atoms with Crippen molar-refractivity contribution in [1.82, 2.24) is 9.55 Å². The van der Waals surface area contributed by atoms with Gasteiger partial charge in [-0.05, 0) is 43.3 Å². The Morgan fingerprint density at radius 1 is 0.889 bits per heavy atom. The van der Waals surface area contributed by atoms with Crippen molar-refractivity contribution in [2.75, 3.05) is 10.6 Å². The van der Waals surface area contributed by atoms with Crippen LogP contribution in [0.4, 0.5) is 17.1 Å². The highest BCUT2D eigenvalue weighted by molar-refractivity contribution is 6.29. The lowest BCUT2D eigenvalue weighted by Crippen LogP contribution is -2.43. The molecule has 6 rings (SSSR count). The molecule has 1 aliphatic rings. The van der Waals surface area contributed by atoms with Gasteiger partial charge in [0.15, 0.2) is 0 Å². The molecule has 1 atom stereocenters. The van der Waals surface area contributed by atoms with Crippen LogP contribution in [0.15, 0.2) is 85.1 Å². The molecular weight excluding hydrogens is 452 g/mol. The van der Waals surface area contributed by atoms with Crippen LogP contribution in [-0.4, -0.2) is 27.1 Å². The fourth-order valence-corrected chi connectivity index (χ4v) is 5.36. The monoisotopic (exact) mass is 474 g/mol. The van der Waals surface area contributed by atoms with E-state index in [0.717, 1.165) is 16.3 Å². The van der Waals surface area contributed by atoms with Crippen molar-refractivity contribution in [3.05, 3.63) is 96.3 Å². The average Bonchev–Trinajstić information content (AvgIpc) is 3.34. The molecule has 1 amide bonds. The van der Waals surface area contributed by atoms with Gasteiger partial charge in [-0.2, -0.15) is 0 Å². The van der Waals surface area contributed by atoms with Crippen LogP contribution in [0.5, 0.6) is 0 Å². The van der Waals surface area contributed by atoms with E-state index in [0.29, 0.717) is 28.1 Å². The van der Waals surface area contributed by atoms with Crippen molar-refractivity contribution in [2.24, 2.45) is 0 Å². The number of hydrogen-bond donors (Lipinski definition) is 1. The zero-order chi connectivity index (χ0) is 25.2. The molecule has 0 saturated heterocycles. The summed E-state index contributed by atoms with van der Waals surface area (Å²) in [6.45, 7) is 3.10. The predicted molar refractivity (Wildman–Crippen MR) is 140 cm³/mol. The standard InChI is InChI=1S/C29H22N4O3/c1-17(34)32-23-13-7-6-11-19(23)20-15-22(31-16-25(20)32)27(35)29(2)26-21(30)12-8-14-24(26)33(28(29)36)18-9-4-3-5-10-18/h3-16H,30H2,1-2H3. The van der Waals surface area contributed by atoms with Gasteiger partial charge in [-0.25, -0.2) is 0 Å². The molecule has 0 spiro atoms. The number of hydrogen-bond acceptors (Lipinski definition) is 5. The Morgan fingerprint density at radius 3 is 2.36 bits per heavy atom. The Balaban J connectivity index is 1.56. The molecule has 0 aliphatic carbocycles. The minimum absolute atomic E-state index is 0.133. The molecule has 3 heterocycles. The Kier molecular flexibility index (Phi) is 4.60. The lowest BCUT2D eigenvalue weighted by molar-refractivity contribution is -0.120. The highest BCUT2D eigenvalue weighted by Gasteiger charge is 2.54. The van der Waals surface area contributed by atoms with Gasteiger partial charge < -0.3 is 5.73 Å². The van der Waals surface area contributed by atoms with Crippen LogP contribution < -0.4 is 10.6 Å². The number of nitrogens with two attached hydrogens (primary N) is 1. The van der Waals surface area contributed by atoms with Crippen molar-refractivity contribution in [3.63, 3.8) is 0 Å². The lowest BCUT2D eigenvalue weighted by atomic mass is 9.77. The number of aromatic nitrogens is 2. The van der Waals surface area contributed by atoms with Gasteiger partial charge in [-0.15, -0.1) is 0 Å². The topological polar surface area (TPSA) is 98.3 Å². The third-order valence-corrected chi connectivity index (χ3v) is 7.02. The number of Topliss-reactive ketones (excluding diaryl/α,β-unsaturated/α-hetero) is 1. The summed E-state index contributed by atoms with van der Waals surface area (Å²) < 4.78 is 1.58. The number of pyridine rings is 1. The first-order valence-corrected chi connectivity index (χ1v) is 11.6. The number of carbonyl (C=O) groups excluding carboxylic acids is 3. The molecule has 0 fully saturated rings. The largest absolute Gasteiger partial charge is 0.398 e. The van der Waals surface area contributed by atoms with E-state index >= 15 is 0 Å². The summed E-state index contributed by atoms with van der Waals surface area (Å²) in [5.74, 6) is -0.994. The van der Waals surface area contributed by atoms with Gasteiger partial charge in [0, 0.05) is 34.6 Å². The first-order valence-electron chi connectivity index (χ1n) is 11.6. The van der Waals surface area contributed by atoms with Crippen LogP contribution in [0.1, 0.15) is 34.7 Å². The van der Waals surface area contributed by atoms with Crippen molar-refractivity contribution in [3.8, 4) is 0 Å². The molecule has 2 N–H and O–H groups in total. The number of rotatable bonds is 3. The summed E-state index contributed by atoms with van der Waals surface area (Å²) in [5, 5.41) is 1.54. The number of carbonyl (C=O) groups is 3. The number of benzene rings is 3. The first-order chi connectivity index (χ1) is 17.3. The molecule has 7 nitrogen and oxygen atoms in total. The average molecular weight is 475 g/mol. The molecule has 3 aromatic carbocycles. The van der Waals surface area contributed by atoms with E-state index in [1.54, 1.807) is 40.7 Å². The Hall–Kier alpha value is -4.78. The van der Waals surface area contributed by atoms with E-state index in [9.17, 15) is 14.4 Å². The second-order valence-corrected chi connectivity index (χ2v) is 9.13. The van der Waals surface area contributed by atoms with Gasteiger partial charge >= 0.3 is 0 Å². The van der Waals surface area contributed by atoms with Gasteiger partial charge in [0.25, 0.3) is 0 Å². The number of anilines is 3. The fourth-order valence-electron chi connectivity index (χ4n) is 5.36. The summed E-state index contributed by atoms with van der Waals surface area (Å²) in [6, 6.07) is 23.6. The number of para-hydroxylation sites is 2. The molecule has 0 bridgehead atoms. The molecule has 1 unspecified atom stereocenters. The Morgan fingerprint density at radius 2 is 1.61 bits per heavy atom. The quantitative estimate of drug-likeness (QED) is 0.219. The number of nitrogen functional groups attached to an aromatic ring is 1. The van der Waals surface area contributed by atoms with E-state index in [1.165, 1.54) is 13.1 Å². The highest BCUT2D eigenvalue weighted by atomic mass is 16.2. The van der Waals surface area contributed by atoms with Gasteiger partial charge in [-0.1, -0.05) is 42.5 Å². The molecule has 36 heavy (non-hydrogen) atoms. The van der Waals surface area contributed by atoms with Gasteiger partial charge in [0.1, 0.15) is 11.1 Å². The van der Waals surface area contributed by atoms with Crippen LogP contribution >= 0.6 is 0 Å². The lowest BCUT2D eigenvalue weighted by Gasteiger charge is -2.23. The fraction of sp³-hybridized carbons (Fsp3) is 0.103. The summed E-state index contributed by atoms with van der Waals surface area (Å²) in [5.41, 5.74) is 8.34. The number of fused-ring (bicyclic) bond motifs is 4. The van der Waals surface area contributed by atoms with Crippen LogP contribution in [0.3, 0.4) is 0 Å². The maximum absolute atomic E-state index is 14.2. The van der Waals surface area contributed by atoms with Crippen LogP contribution in [0, 0.1) is 0 Å². The molecule has 176 valence electrons. The summed E-state index contributed by atoms with van der Waals surface area (Å²) in [7, 11) is 0. The molecular formula is C29H22N4O3.